The Balaban J connectivity index is 1.38. The number of amides is 3. The molecule has 3 amide bonds. The SMILES string of the molecule is COC(=O)N1C(=O)[C@@H]2[C@@H](CC(C(C)C)=C3[C@@H](CC/C(C)=C/c4ccc(O)c5ccccc45)OC[C@@H]32)C1=O. The summed E-state index contributed by atoms with van der Waals surface area (Å²) in [4.78, 5) is 39.1. The van der Waals surface area contributed by atoms with Gasteiger partial charge in [-0.15, -0.1) is 0 Å². The Morgan fingerprint density at radius 1 is 1.14 bits per heavy atom. The third-order valence-corrected chi connectivity index (χ3v) is 8.14. The lowest BCUT2D eigenvalue weighted by Crippen LogP contribution is -2.38. The number of rotatable bonds is 5. The minimum atomic E-state index is -0.907. The molecule has 2 aromatic rings. The minimum Gasteiger partial charge on any atom is -0.507 e. The number of fused-ring (bicyclic) bond motifs is 4. The molecule has 0 spiro atoms. The quantitative estimate of drug-likeness (QED) is 0.430. The molecular weight excluding hydrogens is 470 g/mol. The Hall–Kier alpha value is -3.45. The lowest BCUT2D eigenvalue weighted by atomic mass is 9.67. The molecular formula is C30H33NO6. The molecule has 37 heavy (non-hydrogen) atoms. The molecule has 4 atom stereocenters. The van der Waals surface area contributed by atoms with Crippen LogP contribution in [0.2, 0.25) is 0 Å². The summed E-state index contributed by atoms with van der Waals surface area (Å²) in [6.07, 6.45) is 3.15. The number of likely N-dealkylation sites (tertiary alicyclic amines) is 1. The number of allylic oxidation sites excluding steroid dienone is 2. The second-order valence-corrected chi connectivity index (χ2v) is 10.6. The van der Waals surface area contributed by atoms with Crippen molar-refractivity contribution in [1.29, 1.82) is 0 Å². The van der Waals surface area contributed by atoms with Crippen LogP contribution in [0.3, 0.4) is 0 Å². The largest absolute Gasteiger partial charge is 0.507 e. The van der Waals surface area contributed by atoms with Gasteiger partial charge in [0, 0.05) is 11.3 Å². The molecule has 0 aromatic heterocycles. The van der Waals surface area contributed by atoms with Crippen molar-refractivity contribution in [3.63, 3.8) is 0 Å². The Kier molecular flexibility index (Phi) is 6.67. The molecule has 1 aliphatic carbocycles. The number of methoxy groups -OCH3 is 1. The number of benzene rings is 2. The Bertz CT molecular complexity index is 1340. The maximum absolute atomic E-state index is 13.2. The Morgan fingerprint density at radius 3 is 2.57 bits per heavy atom. The first-order valence-corrected chi connectivity index (χ1v) is 12.9. The van der Waals surface area contributed by atoms with E-state index in [1.54, 1.807) is 6.07 Å². The van der Waals surface area contributed by atoms with Gasteiger partial charge >= 0.3 is 6.09 Å². The number of imide groups is 3. The van der Waals surface area contributed by atoms with Crippen molar-refractivity contribution in [2.24, 2.45) is 23.7 Å². The zero-order valence-corrected chi connectivity index (χ0v) is 21.7. The van der Waals surface area contributed by atoms with Crippen molar-refractivity contribution >= 4 is 34.8 Å². The number of aromatic hydroxyl groups is 1. The van der Waals surface area contributed by atoms with Crippen molar-refractivity contribution in [3.05, 3.63) is 58.7 Å². The van der Waals surface area contributed by atoms with Crippen LogP contribution in [-0.4, -0.2) is 47.7 Å². The molecule has 3 aliphatic rings. The van der Waals surface area contributed by atoms with Gasteiger partial charge in [0.05, 0.1) is 31.7 Å². The van der Waals surface area contributed by atoms with Crippen LogP contribution in [0.5, 0.6) is 5.75 Å². The summed E-state index contributed by atoms with van der Waals surface area (Å²) in [7, 11) is 1.18. The number of carbonyl (C=O) groups excluding carboxylic acids is 3. The van der Waals surface area contributed by atoms with Gasteiger partial charge in [0.25, 0.3) is 0 Å². The number of hydrogen-bond acceptors (Lipinski definition) is 6. The fourth-order valence-corrected chi connectivity index (χ4v) is 6.36. The highest BCUT2D eigenvalue weighted by Gasteiger charge is 2.59. The predicted molar refractivity (Wildman–Crippen MR) is 139 cm³/mol. The first kappa shape index (κ1) is 25.2. The van der Waals surface area contributed by atoms with Crippen molar-refractivity contribution in [3.8, 4) is 5.75 Å². The second kappa shape index (κ2) is 9.78. The number of nitrogens with zero attached hydrogens (tertiary/aromatic N) is 1. The van der Waals surface area contributed by atoms with Crippen molar-refractivity contribution in [2.45, 2.75) is 46.1 Å². The zero-order chi connectivity index (χ0) is 26.4. The molecule has 2 heterocycles. The molecule has 5 rings (SSSR count). The summed E-state index contributed by atoms with van der Waals surface area (Å²) in [6, 6.07) is 11.5. The third-order valence-electron chi connectivity index (χ3n) is 8.14. The zero-order valence-electron chi connectivity index (χ0n) is 21.7. The Morgan fingerprint density at radius 2 is 1.86 bits per heavy atom. The van der Waals surface area contributed by atoms with Crippen LogP contribution >= 0.6 is 0 Å². The van der Waals surface area contributed by atoms with E-state index in [4.69, 9.17) is 9.47 Å². The Labute approximate surface area is 216 Å². The predicted octanol–water partition coefficient (Wildman–Crippen LogP) is 5.47. The highest BCUT2D eigenvalue weighted by molar-refractivity contribution is 6.16. The van der Waals surface area contributed by atoms with Crippen molar-refractivity contribution in [1.82, 2.24) is 4.90 Å². The van der Waals surface area contributed by atoms with E-state index >= 15 is 0 Å². The van der Waals surface area contributed by atoms with E-state index in [9.17, 15) is 19.5 Å². The average molecular weight is 504 g/mol. The van der Waals surface area contributed by atoms with Crippen LogP contribution in [0.4, 0.5) is 4.79 Å². The van der Waals surface area contributed by atoms with Crippen LogP contribution < -0.4 is 0 Å². The fraction of sp³-hybridized carbons (Fsp3) is 0.433. The maximum atomic E-state index is 13.2. The molecule has 0 radical (unpaired) electrons. The van der Waals surface area contributed by atoms with Gasteiger partial charge in [0.1, 0.15) is 5.75 Å². The molecule has 0 saturated carbocycles. The molecule has 0 unspecified atom stereocenters. The van der Waals surface area contributed by atoms with Gasteiger partial charge in [-0.1, -0.05) is 61.4 Å². The van der Waals surface area contributed by atoms with E-state index in [0.717, 1.165) is 34.8 Å². The van der Waals surface area contributed by atoms with Gasteiger partial charge in [-0.05, 0) is 54.7 Å². The standard InChI is InChI=1S/C30H33NO6/c1-16(2)21-14-22-27(29(34)31(28(22)33)30(35)36-4)23-15-37-25(26(21)23)12-9-17(3)13-18-10-11-24(32)20-8-6-5-7-19(18)20/h5-8,10-11,13,16,22-23,25,27,32H,9,12,14-15H2,1-4H3/b17-13+/t22-,23+,25-,27-/m1/s1. The van der Waals surface area contributed by atoms with E-state index in [1.165, 1.54) is 18.3 Å². The first-order valence-electron chi connectivity index (χ1n) is 12.9. The van der Waals surface area contributed by atoms with Gasteiger partial charge in [-0.2, -0.15) is 4.90 Å². The van der Waals surface area contributed by atoms with E-state index < -0.39 is 29.7 Å². The van der Waals surface area contributed by atoms with E-state index in [-0.39, 0.29) is 23.7 Å². The first-order chi connectivity index (χ1) is 17.7. The molecule has 2 saturated heterocycles. The van der Waals surface area contributed by atoms with Gasteiger partial charge in [0.15, 0.2) is 0 Å². The van der Waals surface area contributed by atoms with Crippen LogP contribution in [0.25, 0.3) is 16.8 Å². The normalized spacial score (nSPS) is 25.8. The van der Waals surface area contributed by atoms with Crippen LogP contribution in [0, 0.1) is 23.7 Å². The van der Waals surface area contributed by atoms with Crippen LogP contribution in [-0.2, 0) is 19.1 Å². The summed E-state index contributed by atoms with van der Waals surface area (Å²) >= 11 is 0. The fourth-order valence-electron chi connectivity index (χ4n) is 6.36. The number of carbonyl (C=O) groups is 3. The van der Waals surface area contributed by atoms with E-state index in [1.807, 2.05) is 30.3 Å². The molecule has 194 valence electrons. The summed E-state index contributed by atoms with van der Waals surface area (Å²) in [6.45, 7) is 6.68. The molecule has 0 bridgehead atoms. The van der Waals surface area contributed by atoms with Gasteiger partial charge < -0.3 is 14.6 Å². The number of hydrogen-bond donors (Lipinski definition) is 1. The van der Waals surface area contributed by atoms with Crippen molar-refractivity contribution in [2.75, 3.05) is 13.7 Å². The third kappa shape index (κ3) is 4.25. The molecule has 1 N–H and O–H groups in total. The lowest BCUT2D eigenvalue weighted by molar-refractivity contribution is -0.137. The molecule has 2 aliphatic heterocycles. The number of phenolic OH excluding ortho intramolecular Hbond substituents is 1. The van der Waals surface area contributed by atoms with Crippen LogP contribution in [0.15, 0.2) is 53.1 Å². The second-order valence-electron chi connectivity index (χ2n) is 10.6. The monoisotopic (exact) mass is 503 g/mol. The smallest absolute Gasteiger partial charge is 0.423 e. The van der Waals surface area contributed by atoms with Crippen molar-refractivity contribution < 1.29 is 29.0 Å². The molecule has 7 heteroatoms. The number of ether oxygens (including phenoxy) is 2. The lowest BCUT2D eigenvalue weighted by Gasteiger charge is -2.33. The molecule has 2 aromatic carbocycles. The molecule has 7 nitrogen and oxygen atoms in total. The summed E-state index contributed by atoms with van der Waals surface area (Å²) in [5, 5.41) is 12.0. The van der Waals surface area contributed by atoms with Gasteiger partial charge in [-0.3, -0.25) is 9.59 Å². The summed E-state index contributed by atoms with van der Waals surface area (Å²) in [5.74, 6) is -1.76. The highest BCUT2D eigenvalue weighted by atomic mass is 16.5. The van der Waals surface area contributed by atoms with E-state index in [0.29, 0.717) is 17.9 Å². The summed E-state index contributed by atoms with van der Waals surface area (Å²) < 4.78 is 11.0. The van der Waals surface area contributed by atoms with E-state index in [2.05, 4.69) is 26.8 Å². The van der Waals surface area contributed by atoms with Gasteiger partial charge in [-0.25, -0.2) is 4.79 Å². The minimum absolute atomic E-state index is 0.127. The van der Waals surface area contributed by atoms with Crippen LogP contribution in [0.1, 0.15) is 45.6 Å². The maximum Gasteiger partial charge on any atom is 0.423 e. The highest BCUT2D eigenvalue weighted by Crippen LogP contribution is 2.51. The number of phenols is 1. The average Bonchev–Trinajstić information content (AvgIpc) is 3.42. The summed E-state index contributed by atoms with van der Waals surface area (Å²) in [5.41, 5.74) is 4.56. The topological polar surface area (TPSA) is 93.1 Å². The molecule has 2 fully saturated rings. The van der Waals surface area contributed by atoms with Gasteiger partial charge in [0.2, 0.25) is 11.8 Å².